The molecule has 0 saturated heterocycles. The third-order valence-electron chi connectivity index (χ3n) is 0.849. The molecule has 0 aromatic heterocycles. The average Bonchev–Trinajstić information content (AvgIpc) is 1.78. The first-order chi connectivity index (χ1) is 4.56. The van der Waals surface area contributed by atoms with Gasteiger partial charge in [0.1, 0.15) is 0 Å². The molecule has 0 rings (SSSR count). The first-order valence-electron chi connectivity index (χ1n) is 3.22. The van der Waals surface area contributed by atoms with Gasteiger partial charge in [-0.3, -0.25) is 0 Å². The Morgan fingerprint density at radius 1 is 1.60 bits per heavy atom. The van der Waals surface area contributed by atoms with Crippen molar-refractivity contribution in [1.29, 1.82) is 0 Å². The highest BCUT2D eigenvalue weighted by Crippen LogP contribution is 2.02. The van der Waals surface area contributed by atoms with Crippen LogP contribution >= 0.6 is 0 Å². The minimum atomic E-state index is -1.09. The van der Waals surface area contributed by atoms with E-state index in [9.17, 15) is 4.91 Å². The van der Waals surface area contributed by atoms with Gasteiger partial charge < -0.3 is 9.84 Å². The van der Waals surface area contributed by atoms with Crippen LogP contribution in [0.3, 0.4) is 0 Å². The molecule has 0 aliphatic carbocycles. The van der Waals surface area contributed by atoms with Gasteiger partial charge in [-0.05, 0) is 20.3 Å². The van der Waals surface area contributed by atoms with Crippen molar-refractivity contribution in [3.63, 3.8) is 0 Å². The summed E-state index contributed by atoms with van der Waals surface area (Å²) < 4.78 is 4.89. The zero-order valence-corrected chi connectivity index (χ0v) is 6.33. The van der Waals surface area contributed by atoms with Gasteiger partial charge in [0.15, 0.2) is 5.79 Å². The van der Waals surface area contributed by atoms with Crippen molar-refractivity contribution in [2.24, 2.45) is 5.18 Å². The van der Waals surface area contributed by atoms with E-state index in [0.29, 0.717) is 13.0 Å². The first-order valence-corrected chi connectivity index (χ1v) is 3.22. The van der Waals surface area contributed by atoms with Crippen LogP contribution in [0.25, 0.3) is 0 Å². The van der Waals surface area contributed by atoms with Crippen LogP contribution < -0.4 is 0 Å². The fraction of sp³-hybridized carbons (Fsp3) is 1.00. The van der Waals surface area contributed by atoms with Crippen LogP contribution in [0.4, 0.5) is 0 Å². The molecule has 0 unspecified atom stereocenters. The molecule has 10 heavy (non-hydrogen) atoms. The molecule has 60 valence electrons. The molecule has 0 amide bonds. The van der Waals surface area contributed by atoms with E-state index < -0.39 is 5.79 Å². The lowest BCUT2D eigenvalue weighted by atomic mass is 10.4. The van der Waals surface area contributed by atoms with E-state index in [1.54, 1.807) is 13.8 Å². The Morgan fingerprint density at radius 3 is 2.60 bits per heavy atom. The van der Waals surface area contributed by atoms with Gasteiger partial charge in [0.05, 0.1) is 13.2 Å². The number of hydrogen-bond acceptors (Lipinski definition) is 4. The van der Waals surface area contributed by atoms with Crippen molar-refractivity contribution >= 4 is 0 Å². The summed E-state index contributed by atoms with van der Waals surface area (Å²) in [6.45, 7) is 3.70. The number of nitroso groups, excluding NO2 is 1. The van der Waals surface area contributed by atoms with Crippen LogP contribution in [-0.2, 0) is 4.74 Å². The van der Waals surface area contributed by atoms with Crippen LogP contribution in [0.2, 0.25) is 0 Å². The molecule has 0 aliphatic rings. The highest BCUT2D eigenvalue weighted by molar-refractivity contribution is 4.49. The summed E-state index contributed by atoms with van der Waals surface area (Å²) in [6, 6.07) is 0. The van der Waals surface area contributed by atoms with Gasteiger partial charge in [-0.15, -0.1) is 0 Å². The van der Waals surface area contributed by atoms with E-state index in [1.165, 1.54) is 0 Å². The zero-order chi connectivity index (χ0) is 8.04. The second-order valence-corrected chi connectivity index (χ2v) is 2.50. The van der Waals surface area contributed by atoms with Gasteiger partial charge in [0.2, 0.25) is 0 Å². The minimum Gasteiger partial charge on any atom is -0.366 e. The average molecular weight is 147 g/mol. The topological polar surface area (TPSA) is 58.9 Å². The number of ether oxygens (including phenoxy) is 1. The summed E-state index contributed by atoms with van der Waals surface area (Å²) in [5, 5.41) is 11.6. The SMILES string of the molecule is CC(C)(O)OCCCN=O. The second kappa shape index (κ2) is 4.35. The monoisotopic (exact) mass is 147 g/mol. The number of hydrogen-bond donors (Lipinski definition) is 1. The van der Waals surface area contributed by atoms with Crippen molar-refractivity contribution in [3.05, 3.63) is 4.91 Å². The van der Waals surface area contributed by atoms with Crippen molar-refractivity contribution in [1.82, 2.24) is 0 Å². The van der Waals surface area contributed by atoms with E-state index in [0.717, 1.165) is 0 Å². The quantitative estimate of drug-likeness (QED) is 0.357. The molecule has 0 heterocycles. The normalized spacial score (nSPS) is 11.5. The highest BCUT2D eigenvalue weighted by atomic mass is 16.6. The predicted molar refractivity (Wildman–Crippen MR) is 37.5 cm³/mol. The molecule has 0 aliphatic heterocycles. The fourth-order valence-corrected chi connectivity index (χ4v) is 0.451. The Kier molecular flexibility index (Phi) is 4.14. The van der Waals surface area contributed by atoms with Gasteiger partial charge in [-0.1, -0.05) is 5.18 Å². The van der Waals surface area contributed by atoms with Gasteiger partial charge in [-0.2, -0.15) is 4.91 Å². The van der Waals surface area contributed by atoms with Crippen LogP contribution in [0.15, 0.2) is 5.18 Å². The van der Waals surface area contributed by atoms with Crippen LogP contribution in [0, 0.1) is 4.91 Å². The van der Waals surface area contributed by atoms with E-state index in [1.807, 2.05) is 0 Å². The predicted octanol–water partition coefficient (Wildman–Crippen LogP) is 0.888. The summed E-state index contributed by atoms with van der Waals surface area (Å²) >= 11 is 0. The van der Waals surface area contributed by atoms with Crippen LogP contribution in [-0.4, -0.2) is 24.0 Å². The Morgan fingerprint density at radius 2 is 2.20 bits per heavy atom. The van der Waals surface area contributed by atoms with Crippen LogP contribution in [0.1, 0.15) is 20.3 Å². The smallest absolute Gasteiger partial charge is 0.159 e. The van der Waals surface area contributed by atoms with Gasteiger partial charge >= 0.3 is 0 Å². The molecule has 0 spiro atoms. The Bertz CT molecular complexity index is 97.7. The molecule has 0 radical (unpaired) electrons. The largest absolute Gasteiger partial charge is 0.366 e. The Hall–Kier alpha value is -0.480. The molecule has 0 atom stereocenters. The second-order valence-electron chi connectivity index (χ2n) is 2.50. The van der Waals surface area contributed by atoms with Crippen LogP contribution in [0.5, 0.6) is 0 Å². The molecule has 4 nitrogen and oxygen atoms in total. The van der Waals surface area contributed by atoms with Gasteiger partial charge in [0, 0.05) is 0 Å². The third-order valence-corrected chi connectivity index (χ3v) is 0.849. The van der Waals surface area contributed by atoms with E-state index >= 15 is 0 Å². The molecule has 0 aromatic carbocycles. The van der Waals surface area contributed by atoms with Crippen molar-refractivity contribution in [3.8, 4) is 0 Å². The number of nitrogens with zero attached hydrogens (tertiary/aromatic N) is 1. The molecular weight excluding hydrogens is 134 g/mol. The standard InChI is InChI=1S/C6H13NO3/c1-6(2,8)10-5-3-4-7-9/h8H,3-5H2,1-2H3. The highest BCUT2D eigenvalue weighted by Gasteiger charge is 2.10. The lowest BCUT2D eigenvalue weighted by molar-refractivity contribution is -0.175. The maximum absolute atomic E-state index is 9.56. The molecular formula is C6H13NO3. The number of rotatable bonds is 5. The third kappa shape index (κ3) is 7.52. The summed E-state index contributed by atoms with van der Waals surface area (Å²) in [7, 11) is 0. The van der Waals surface area contributed by atoms with E-state index in [4.69, 9.17) is 9.84 Å². The fourth-order valence-electron chi connectivity index (χ4n) is 0.451. The minimum absolute atomic E-state index is 0.246. The van der Waals surface area contributed by atoms with Crippen molar-refractivity contribution in [2.75, 3.05) is 13.2 Å². The van der Waals surface area contributed by atoms with Crippen molar-refractivity contribution in [2.45, 2.75) is 26.1 Å². The molecule has 1 N–H and O–H groups in total. The molecule has 0 fully saturated rings. The number of aliphatic hydroxyl groups is 1. The zero-order valence-electron chi connectivity index (χ0n) is 6.33. The van der Waals surface area contributed by atoms with E-state index in [-0.39, 0.29) is 6.54 Å². The lowest BCUT2D eigenvalue weighted by Crippen LogP contribution is -2.23. The summed E-state index contributed by atoms with van der Waals surface area (Å²) in [5.74, 6) is -1.09. The van der Waals surface area contributed by atoms with Crippen molar-refractivity contribution < 1.29 is 9.84 Å². The summed E-state index contributed by atoms with van der Waals surface area (Å²) in [4.78, 5) is 9.56. The summed E-state index contributed by atoms with van der Waals surface area (Å²) in [6.07, 6.45) is 0.563. The van der Waals surface area contributed by atoms with Gasteiger partial charge in [0.25, 0.3) is 0 Å². The van der Waals surface area contributed by atoms with Gasteiger partial charge in [-0.25, -0.2) is 0 Å². The maximum Gasteiger partial charge on any atom is 0.159 e. The lowest BCUT2D eigenvalue weighted by Gasteiger charge is -2.17. The van der Waals surface area contributed by atoms with E-state index in [2.05, 4.69) is 5.18 Å². The molecule has 0 aromatic rings. The molecule has 0 saturated carbocycles. The summed E-state index contributed by atoms with van der Waals surface area (Å²) in [5.41, 5.74) is 0. The molecule has 0 bridgehead atoms. The maximum atomic E-state index is 9.56. The molecule has 4 heteroatoms. The Balaban J connectivity index is 3.12. The Labute approximate surface area is 60.2 Å². The first kappa shape index (κ1) is 9.52.